The van der Waals surface area contributed by atoms with Crippen LogP contribution >= 0.6 is 0 Å². The van der Waals surface area contributed by atoms with Crippen molar-refractivity contribution in [3.8, 4) is 6.07 Å². The normalized spacial score (nSPS) is 12.0. The lowest BCUT2D eigenvalue weighted by Crippen LogP contribution is -2.20. The summed E-state index contributed by atoms with van der Waals surface area (Å²) in [5.74, 6) is 0. The lowest BCUT2D eigenvalue weighted by Gasteiger charge is -1.99. The van der Waals surface area contributed by atoms with Crippen molar-refractivity contribution in [2.45, 2.75) is 12.5 Å². The van der Waals surface area contributed by atoms with Crippen molar-refractivity contribution in [1.29, 1.82) is 5.26 Å². The van der Waals surface area contributed by atoms with E-state index in [0.29, 0.717) is 6.42 Å². The first-order valence-corrected chi connectivity index (χ1v) is 3.38. The number of nitrogens with zero attached hydrogens (tertiary/aromatic N) is 2. The molecule has 0 radical (unpaired) electrons. The maximum Gasteiger partial charge on any atom is 0.0983 e. The van der Waals surface area contributed by atoms with Gasteiger partial charge in [-0.05, 0) is 12.1 Å². The van der Waals surface area contributed by atoms with Gasteiger partial charge in [-0.15, -0.1) is 0 Å². The lowest BCUT2D eigenvalue weighted by molar-refractivity contribution is 0.800. The van der Waals surface area contributed by atoms with Crippen LogP contribution in [-0.2, 0) is 6.42 Å². The molecule has 56 valence electrons. The van der Waals surface area contributed by atoms with Gasteiger partial charge in [0.05, 0.1) is 12.1 Å². The lowest BCUT2D eigenvalue weighted by atomic mass is 10.2. The van der Waals surface area contributed by atoms with Crippen molar-refractivity contribution < 1.29 is 0 Å². The minimum absolute atomic E-state index is 0.440. The molecular weight excluding hydrogens is 138 g/mol. The molecule has 0 saturated carbocycles. The molecule has 0 fully saturated rings. The van der Waals surface area contributed by atoms with Gasteiger partial charge >= 0.3 is 0 Å². The number of aromatic nitrogens is 1. The zero-order valence-electron chi connectivity index (χ0n) is 6.07. The number of hydrogen-bond acceptors (Lipinski definition) is 3. The third kappa shape index (κ3) is 2.36. The van der Waals surface area contributed by atoms with E-state index in [1.165, 1.54) is 0 Å². The van der Waals surface area contributed by atoms with E-state index in [4.69, 9.17) is 11.0 Å². The second-order valence-corrected chi connectivity index (χ2v) is 2.26. The molecule has 0 spiro atoms. The first kappa shape index (κ1) is 7.70. The molecule has 0 saturated heterocycles. The van der Waals surface area contributed by atoms with Gasteiger partial charge in [-0.2, -0.15) is 5.26 Å². The highest BCUT2D eigenvalue weighted by Crippen LogP contribution is 1.95. The molecule has 0 aliphatic rings. The van der Waals surface area contributed by atoms with Gasteiger partial charge in [-0.1, -0.05) is 6.07 Å². The first-order valence-electron chi connectivity index (χ1n) is 3.38. The van der Waals surface area contributed by atoms with E-state index >= 15 is 0 Å². The standard InChI is InChI=1S/C8H9N3/c9-6-7(10)5-8-3-1-2-4-11-8/h1-4,7H,5,10H2. The summed E-state index contributed by atoms with van der Waals surface area (Å²) in [6.45, 7) is 0. The molecular formula is C8H9N3. The van der Waals surface area contributed by atoms with Gasteiger partial charge < -0.3 is 5.73 Å². The molecule has 1 aromatic rings. The average molecular weight is 147 g/mol. The molecule has 2 N–H and O–H groups in total. The summed E-state index contributed by atoms with van der Waals surface area (Å²) >= 11 is 0. The van der Waals surface area contributed by atoms with Crippen LogP contribution in [0.5, 0.6) is 0 Å². The van der Waals surface area contributed by atoms with Gasteiger partial charge in [0, 0.05) is 18.3 Å². The molecule has 0 aromatic carbocycles. The molecule has 0 bridgehead atoms. The summed E-state index contributed by atoms with van der Waals surface area (Å²) in [7, 11) is 0. The third-order valence-corrected chi connectivity index (χ3v) is 1.32. The molecule has 0 amide bonds. The fraction of sp³-hybridized carbons (Fsp3) is 0.250. The molecule has 11 heavy (non-hydrogen) atoms. The number of rotatable bonds is 2. The summed E-state index contributed by atoms with van der Waals surface area (Å²) in [5, 5.41) is 8.39. The monoisotopic (exact) mass is 147 g/mol. The molecule has 1 unspecified atom stereocenters. The van der Waals surface area contributed by atoms with Gasteiger partial charge in [-0.25, -0.2) is 0 Å². The largest absolute Gasteiger partial charge is 0.316 e. The number of nitrogens with two attached hydrogens (primary N) is 1. The van der Waals surface area contributed by atoms with Crippen molar-refractivity contribution in [3.05, 3.63) is 30.1 Å². The van der Waals surface area contributed by atoms with E-state index in [1.807, 2.05) is 24.3 Å². The average Bonchev–Trinajstić information content (AvgIpc) is 2.06. The van der Waals surface area contributed by atoms with Gasteiger partial charge in [0.2, 0.25) is 0 Å². The highest BCUT2D eigenvalue weighted by molar-refractivity contribution is 5.07. The quantitative estimate of drug-likeness (QED) is 0.661. The van der Waals surface area contributed by atoms with E-state index in [2.05, 4.69) is 4.98 Å². The van der Waals surface area contributed by atoms with Crippen molar-refractivity contribution in [3.63, 3.8) is 0 Å². The molecule has 1 aromatic heterocycles. The van der Waals surface area contributed by atoms with Crippen LogP contribution in [0.4, 0.5) is 0 Å². The van der Waals surface area contributed by atoms with Crippen LogP contribution in [-0.4, -0.2) is 11.0 Å². The Kier molecular flexibility index (Phi) is 2.59. The summed E-state index contributed by atoms with van der Waals surface area (Å²) in [6, 6.07) is 7.09. The summed E-state index contributed by atoms with van der Waals surface area (Å²) in [6.07, 6.45) is 2.22. The molecule has 3 nitrogen and oxygen atoms in total. The summed E-state index contributed by atoms with van der Waals surface area (Å²) < 4.78 is 0. The van der Waals surface area contributed by atoms with Crippen LogP contribution in [0.25, 0.3) is 0 Å². The van der Waals surface area contributed by atoms with Crippen molar-refractivity contribution in [2.24, 2.45) is 5.73 Å². The number of nitriles is 1. The predicted octanol–water partition coefficient (Wildman–Crippen LogP) is 0.475. The Labute approximate surface area is 65.5 Å². The molecule has 1 rings (SSSR count). The third-order valence-electron chi connectivity index (χ3n) is 1.32. The molecule has 1 heterocycles. The molecule has 3 heteroatoms. The zero-order chi connectivity index (χ0) is 8.10. The van der Waals surface area contributed by atoms with Crippen molar-refractivity contribution >= 4 is 0 Å². The van der Waals surface area contributed by atoms with E-state index in [0.717, 1.165) is 5.69 Å². The summed E-state index contributed by atoms with van der Waals surface area (Å²) in [4.78, 5) is 4.04. The molecule has 1 atom stereocenters. The smallest absolute Gasteiger partial charge is 0.0983 e. The number of pyridine rings is 1. The fourth-order valence-corrected chi connectivity index (χ4v) is 0.790. The Morgan fingerprint density at radius 1 is 1.64 bits per heavy atom. The van der Waals surface area contributed by atoms with Gasteiger partial charge in [0.15, 0.2) is 0 Å². The second kappa shape index (κ2) is 3.69. The Balaban J connectivity index is 2.60. The van der Waals surface area contributed by atoms with E-state index in [1.54, 1.807) is 6.20 Å². The Morgan fingerprint density at radius 2 is 2.45 bits per heavy atom. The second-order valence-electron chi connectivity index (χ2n) is 2.26. The maximum atomic E-state index is 8.39. The van der Waals surface area contributed by atoms with E-state index < -0.39 is 6.04 Å². The molecule has 0 aliphatic heterocycles. The maximum absolute atomic E-state index is 8.39. The van der Waals surface area contributed by atoms with E-state index in [9.17, 15) is 0 Å². The Hall–Kier alpha value is -1.40. The van der Waals surface area contributed by atoms with Crippen LogP contribution in [0, 0.1) is 11.3 Å². The SMILES string of the molecule is N#CC(N)Cc1ccccn1. The highest BCUT2D eigenvalue weighted by Gasteiger charge is 2.00. The van der Waals surface area contributed by atoms with Gasteiger partial charge in [-0.3, -0.25) is 4.98 Å². The minimum Gasteiger partial charge on any atom is -0.316 e. The van der Waals surface area contributed by atoms with Crippen LogP contribution < -0.4 is 5.73 Å². The zero-order valence-corrected chi connectivity index (χ0v) is 6.07. The number of hydrogen-bond donors (Lipinski definition) is 1. The fourth-order valence-electron chi connectivity index (χ4n) is 0.790. The van der Waals surface area contributed by atoms with Gasteiger partial charge in [0.25, 0.3) is 0 Å². The minimum atomic E-state index is -0.440. The van der Waals surface area contributed by atoms with Crippen molar-refractivity contribution in [2.75, 3.05) is 0 Å². The topological polar surface area (TPSA) is 62.7 Å². The predicted molar refractivity (Wildman–Crippen MR) is 41.5 cm³/mol. The summed E-state index contributed by atoms with van der Waals surface area (Å²) in [5.41, 5.74) is 6.27. The molecule has 0 aliphatic carbocycles. The highest BCUT2D eigenvalue weighted by atomic mass is 14.7. The van der Waals surface area contributed by atoms with Gasteiger partial charge in [0.1, 0.15) is 0 Å². The van der Waals surface area contributed by atoms with Crippen LogP contribution in [0.2, 0.25) is 0 Å². The van der Waals surface area contributed by atoms with Crippen LogP contribution in [0.1, 0.15) is 5.69 Å². The van der Waals surface area contributed by atoms with Crippen LogP contribution in [0.15, 0.2) is 24.4 Å². The Bertz CT molecular complexity index is 250. The van der Waals surface area contributed by atoms with E-state index in [-0.39, 0.29) is 0 Å². The van der Waals surface area contributed by atoms with Crippen molar-refractivity contribution in [1.82, 2.24) is 4.98 Å². The Morgan fingerprint density at radius 3 is 3.00 bits per heavy atom. The first-order chi connectivity index (χ1) is 5.33. The van der Waals surface area contributed by atoms with Crippen LogP contribution in [0.3, 0.4) is 0 Å².